The van der Waals surface area contributed by atoms with Crippen molar-refractivity contribution in [2.75, 3.05) is 51.6 Å². The van der Waals surface area contributed by atoms with Crippen LogP contribution in [0.2, 0.25) is 0 Å². The molecule has 0 bridgehead atoms. The third-order valence-electron chi connectivity index (χ3n) is 2.53. The van der Waals surface area contributed by atoms with Gasteiger partial charge in [0.05, 0.1) is 31.7 Å². The van der Waals surface area contributed by atoms with Crippen molar-refractivity contribution in [2.45, 2.75) is 6.42 Å². The summed E-state index contributed by atoms with van der Waals surface area (Å²) in [7, 11) is 3.12. The van der Waals surface area contributed by atoms with E-state index in [2.05, 4.69) is 5.32 Å². The molecule has 6 heteroatoms. The summed E-state index contributed by atoms with van der Waals surface area (Å²) in [5, 5.41) is 2.98. The van der Waals surface area contributed by atoms with Crippen LogP contribution in [-0.4, -0.2) is 40.6 Å². The molecule has 0 unspecified atom stereocenters. The van der Waals surface area contributed by atoms with E-state index in [-0.39, 0.29) is 5.69 Å². The number of nitrogens with one attached hydrogen (secondary N) is 1. The molecule has 0 radical (unpaired) electrons. The second-order valence-electron chi connectivity index (χ2n) is 3.96. The van der Waals surface area contributed by atoms with Gasteiger partial charge in [0, 0.05) is 32.4 Å². The molecule has 0 atom stereocenters. The monoisotopic (exact) mass is 272 g/mol. The molecule has 108 valence electrons. The van der Waals surface area contributed by atoms with Crippen LogP contribution in [0.3, 0.4) is 0 Å². The second-order valence-corrected chi connectivity index (χ2v) is 3.96. The molecule has 0 fully saturated rings. The molecule has 0 aromatic heterocycles. The van der Waals surface area contributed by atoms with E-state index in [0.29, 0.717) is 37.8 Å². The number of hydrogen-bond acceptors (Lipinski definition) is 5. The van der Waals surface area contributed by atoms with Crippen LogP contribution in [0.25, 0.3) is 0 Å². The SMILES string of the molecule is COCCOCCCNc1cc(OC)c(N)cc1F. The van der Waals surface area contributed by atoms with Crippen LogP contribution in [0.1, 0.15) is 6.42 Å². The van der Waals surface area contributed by atoms with E-state index in [4.69, 9.17) is 19.9 Å². The second kappa shape index (κ2) is 8.55. The largest absolute Gasteiger partial charge is 0.495 e. The van der Waals surface area contributed by atoms with Gasteiger partial charge < -0.3 is 25.3 Å². The van der Waals surface area contributed by atoms with Gasteiger partial charge in [0.15, 0.2) is 0 Å². The van der Waals surface area contributed by atoms with E-state index in [9.17, 15) is 4.39 Å². The highest BCUT2D eigenvalue weighted by Crippen LogP contribution is 2.28. The fraction of sp³-hybridized carbons (Fsp3) is 0.538. The van der Waals surface area contributed by atoms with Gasteiger partial charge in [-0.15, -0.1) is 0 Å². The van der Waals surface area contributed by atoms with Crippen molar-refractivity contribution in [3.05, 3.63) is 17.9 Å². The van der Waals surface area contributed by atoms with Crippen LogP contribution in [0.15, 0.2) is 12.1 Å². The van der Waals surface area contributed by atoms with Gasteiger partial charge >= 0.3 is 0 Å². The van der Waals surface area contributed by atoms with Crippen molar-refractivity contribution < 1.29 is 18.6 Å². The van der Waals surface area contributed by atoms with Crippen LogP contribution in [0.4, 0.5) is 15.8 Å². The van der Waals surface area contributed by atoms with Gasteiger partial charge in [0.25, 0.3) is 0 Å². The lowest BCUT2D eigenvalue weighted by molar-refractivity contribution is 0.0705. The van der Waals surface area contributed by atoms with Crippen molar-refractivity contribution in [3.8, 4) is 5.75 Å². The minimum atomic E-state index is -0.390. The molecule has 0 saturated heterocycles. The third-order valence-corrected chi connectivity index (χ3v) is 2.53. The summed E-state index contributed by atoms with van der Waals surface area (Å²) in [6.07, 6.45) is 0.774. The number of nitrogens with two attached hydrogens (primary N) is 1. The maximum atomic E-state index is 13.6. The van der Waals surface area contributed by atoms with Gasteiger partial charge in [-0.1, -0.05) is 0 Å². The zero-order valence-corrected chi connectivity index (χ0v) is 11.4. The van der Waals surface area contributed by atoms with Crippen LogP contribution < -0.4 is 15.8 Å². The number of anilines is 2. The maximum Gasteiger partial charge on any atom is 0.148 e. The first-order valence-corrected chi connectivity index (χ1v) is 6.12. The number of halogens is 1. The van der Waals surface area contributed by atoms with Gasteiger partial charge in [-0.3, -0.25) is 0 Å². The normalized spacial score (nSPS) is 10.5. The number of benzene rings is 1. The molecule has 1 aromatic carbocycles. The van der Waals surface area contributed by atoms with E-state index in [0.717, 1.165) is 6.42 Å². The van der Waals surface area contributed by atoms with Gasteiger partial charge in [0.1, 0.15) is 11.6 Å². The van der Waals surface area contributed by atoms with Gasteiger partial charge in [0.2, 0.25) is 0 Å². The molecule has 0 amide bonds. The van der Waals surface area contributed by atoms with Crippen molar-refractivity contribution in [2.24, 2.45) is 0 Å². The van der Waals surface area contributed by atoms with Gasteiger partial charge in [-0.05, 0) is 6.42 Å². The van der Waals surface area contributed by atoms with E-state index < -0.39 is 5.82 Å². The predicted molar refractivity (Wildman–Crippen MR) is 73.2 cm³/mol. The molecular weight excluding hydrogens is 251 g/mol. The molecule has 1 rings (SSSR count). The summed E-state index contributed by atoms with van der Waals surface area (Å²) in [5.41, 5.74) is 6.26. The van der Waals surface area contributed by atoms with Crippen molar-refractivity contribution in [1.82, 2.24) is 0 Å². The van der Waals surface area contributed by atoms with E-state index in [1.165, 1.54) is 13.2 Å². The van der Waals surface area contributed by atoms with E-state index in [1.807, 2.05) is 0 Å². The zero-order valence-electron chi connectivity index (χ0n) is 11.4. The number of methoxy groups -OCH3 is 2. The first-order valence-electron chi connectivity index (χ1n) is 6.12. The fourth-order valence-corrected chi connectivity index (χ4v) is 1.52. The summed E-state index contributed by atoms with van der Waals surface area (Å²) < 4.78 is 28.8. The number of hydrogen-bond donors (Lipinski definition) is 2. The van der Waals surface area contributed by atoms with Crippen LogP contribution in [0, 0.1) is 5.82 Å². The van der Waals surface area contributed by atoms with Crippen LogP contribution in [-0.2, 0) is 9.47 Å². The Morgan fingerprint density at radius 1 is 1.21 bits per heavy atom. The average molecular weight is 272 g/mol. The van der Waals surface area contributed by atoms with E-state index >= 15 is 0 Å². The highest BCUT2D eigenvalue weighted by Gasteiger charge is 2.07. The summed E-state index contributed by atoms with van der Waals surface area (Å²) >= 11 is 0. The minimum Gasteiger partial charge on any atom is -0.495 e. The average Bonchev–Trinajstić information content (AvgIpc) is 2.40. The fourth-order valence-electron chi connectivity index (χ4n) is 1.52. The predicted octanol–water partition coefficient (Wildman–Crippen LogP) is 1.88. The molecule has 0 saturated carbocycles. The Balaban J connectivity index is 2.33. The topological polar surface area (TPSA) is 65.7 Å². The molecule has 0 aliphatic rings. The van der Waals surface area contributed by atoms with Crippen molar-refractivity contribution in [1.29, 1.82) is 0 Å². The third kappa shape index (κ3) is 5.32. The maximum absolute atomic E-state index is 13.6. The lowest BCUT2D eigenvalue weighted by Gasteiger charge is -2.11. The lowest BCUT2D eigenvalue weighted by Crippen LogP contribution is -2.09. The van der Waals surface area contributed by atoms with Gasteiger partial charge in [-0.25, -0.2) is 4.39 Å². The molecule has 0 heterocycles. The van der Waals surface area contributed by atoms with Gasteiger partial charge in [-0.2, -0.15) is 0 Å². The molecule has 0 aliphatic heterocycles. The number of ether oxygens (including phenoxy) is 3. The summed E-state index contributed by atoms with van der Waals surface area (Å²) in [4.78, 5) is 0. The lowest BCUT2D eigenvalue weighted by atomic mass is 10.2. The number of rotatable bonds is 9. The molecule has 19 heavy (non-hydrogen) atoms. The first-order chi connectivity index (χ1) is 9.19. The Hall–Kier alpha value is -1.53. The Morgan fingerprint density at radius 2 is 2.00 bits per heavy atom. The smallest absolute Gasteiger partial charge is 0.148 e. The minimum absolute atomic E-state index is 0.286. The van der Waals surface area contributed by atoms with Crippen LogP contribution in [0.5, 0.6) is 5.75 Å². The molecule has 3 N–H and O–H groups in total. The molecule has 0 aliphatic carbocycles. The zero-order chi connectivity index (χ0) is 14.1. The summed E-state index contributed by atoms with van der Waals surface area (Å²) in [6.45, 7) is 2.36. The summed E-state index contributed by atoms with van der Waals surface area (Å²) in [6, 6.07) is 2.80. The molecular formula is C13H21FN2O3. The number of nitrogen functional groups attached to an aromatic ring is 1. The standard InChI is InChI=1S/C13H21FN2O3/c1-17-6-7-19-5-3-4-16-12-9-13(18-2)11(15)8-10(12)14/h8-9,16H,3-7,15H2,1-2H3. The molecule has 5 nitrogen and oxygen atoms in total. The van der Waals surface area contributed by atoms with Crippen molar-refractivity contribution >= 4 is 11.4 Å². The Labute approximate surface area is 112 Å². The van der Waals surface area contributed by atoms with Crippen molar-refractivity contribution in [3.63, 3.8) is 0 Å². The quantitative estimate of drug-likeness (QED) is 0.531. The summed E-state index contributed by atoms with van der Waals surface area (Å²) in [5.74, 6) is 0.0684. The highest BCUT2D eigenvalue weighted by molar-refractivity contribution is 5.62. The Morgan fingerprint density at radius 3 is 2.68 bits per heavy atom. The first kappa shape index (κ1) is 15.5. The van der Waals surface area contributed by atoms with Crippen LogP contribution >= 0.6 is 0 Å². The Bertz CT molecular complexity index is 388. The molecule has 1 aromatic rings. The highest BCUT2D eigenvalue weighted by atomic mass is 19.1. The molecule has 0 spiro atoms. The van der Waals surface area contributed by atoms with E-state index in [1.54, 1.807) is 13.2 Å². The Kier molecular flexibility index (Phi) is 6.99.